The molecule has 0 aliphatic rings. The third kappa shape index (κ3) is 1.66. The minimum atomic E-state index is -0.910. The monoisotopic (exact) mass is 215 g/mol. The number of nitrogens with two attached hydrogens (primary N) is 1. The summed E-state index contributed by atoms with van der Waals surface area (Å²) in [6.45, 7) is 1.89. The fourth-order valence-electron chi connectivity index (χ4n) is 1.91. The minimum absolute atomic E-state index is 0.104. The Balaban J connectivity index is 2.82. The fraction of sp³-hybridized carbons (Fsp3) is 0.154. The van der Waals surface area contributed by atoms with Crippen LogP contribution >= 0.6 is 0 Å². The Labute approximate surface area is 93.5 Å². The van der Waals surface area contributed by atoms with Crippen LogP contribution in [0.15, 0.2) is 36.4 Å². The summed E-state index contributed by atoms with van der Waals surface area (Å²) < 4.78 is 0. The summed E-state index contributed by atoms with van der Waals surface area (Å²) in [4.78, 5) is 11.1. The molecule has 0 aliphatic carbocycles. The van der Waals surface area contributed by atoms with Gasteiger partial charge >= 0.3 is 5.97 Å². The van der Waals surface area contributed by atoms with Gasteiger partial charge in [0.1, 0.15) is 0 Å². The second kappa shape index (κ2) is 3.94. The van der Waals surface area contributed by atoms with Crippen molar-refractivity contribution in [3.63, 3.8) is 0 Å². The number of carbonyl (C=O) groups is 1. The molecule has 0 unspecified atom stereocenters. The summed E-state index contributed by atoms with van der Waals surface area (Å²) in [6, 6.07) is 10.7. The number of carboxylic acid groups (broad SMARTS) is 1. The Morgan fingerprint density at radius 1 is 1.19 bits per heavy atom. The fourth-order valence-corrected chi connectivity index (χ4v) is 1.91. The average molecular weight is 215 g/mol. The number of aromatic carboxylic acids is 1. The van der Waals surface area contributed by atoms with E-state index in [-0.39, 0.29) is 6.04 Å². The van der Waals surface area contributed by atoms with E-state index in [0.717, 1.165) is 16.3 Å². The second-order valence-electron chi connectivity index (χ2n) is 3.84. The van der Waals surface area contributed by atoms with Crippen LogP contribution in [-0.2, 0) is 0 Å². The molecule has 16 heavy (non-hydrogen) atoms. The van der Waals surface area contributed by atoms with Gasteiger partial charge in [0, 0.05) is 6.04 Å². The maximum Gasteiger partial charge on any atom is 0.336 e. The molecule has 0 bridgehead atoms. The van der Waals surface area contributed by atoms with Gasteiger partial charge in [-0.05, 0) is 29.3 Å². The SMILES string of the molecule is C[C@H](N)c1ccc(C(=O)O)c2ccccc12. The standard InChI is InChI=1S/C13H13NO2/c1-8(14)9-6-7-12(13(15)16)11-5-3-2-4-10(9)11/h2-8H,14H2,1H3,(H,15,16)/t8-/m0/s1. The average Bonchev–Trinajstić information content (AvgIpc) is 2.27. The van der Waals surface area contributed by atoms with Crippen molar-refractivity contribution >= 4 is 16.7 Å². The number of benzene rings is 2. The van der Waals surface area contributed by atoms with Gasteiger partial charge < -0.3 is 10.8 Å². The molecule has 0 saturated carbocycles. The summed E-state index contributed by atoms with van der Waals surface area (Å²) in [7, 11) is 0. The Bertz CT molecular complexity index is 547. The zero-order chi connectivity index (χ0) is 11.7. The van der Waals surface area contributed by atoms with Gasteiger partial charge in [-0.1, -0.05) is 30.3 Å². The number of hydrogen-bond donors (Lipinski definition) is 2. The van der Waals surface area contributed by atoms with Gasteiger partial charge in [0.05, 0.1) is 5.56 Å². The summed E-state index contributed by atoms with van der Waals surface area (Å²) in [6.07, 6.45) is 0. The second-order valence-corrected chi connectivity index (χ2v) is 3.84. The molecule has 3 heteroatoms. The Kier molecular flexibility index (Phi) is 2.62. The van der Waals surface area contributed by atoms with Crippen LogP contribution in [0.4, 0.5) is 0 Å². The zero-order valence-electron chi connectivity index (χ0n) is 8.97. The first-order valence-corrected chi connectivity index (χ1v) is 5.12. The molecule has 2 aromatic rings. The molecule has 0 heterocycles. The molecule has 82 valence electrons. The van der Waals surface area contributed by atoms with E-state index in [1.807, 2.05) is 31.2 Å². The maximum absolute atomic E-state index is 11.1. The van der Waals surface area contributed by atoms with Gasteiger partial charge in [-0.3, -0.25) is 0 Å². The van der Waals surface area contributed by atoms with Crippen LogP contribution in [0.3, 0.4) is 0 Å². The quantitative estimate of drug-likeness (QED) is 0.809. The molecular formula is C13H13NO2. The van der Waals surface area contributed by atoms with E-state index in [2.05, 4.69) is 0 Å². The predicted molar refractivity (Wildman–Crippen MR) is 63.5 cm³/mol. The maximum atomic E-state index is 11.1. The molecule has 0 radical (unpaired) electrons. The first-order chi connectivity index (χ1) is 7.61. The van der Waals surface area contributed by atoms with Crippen LogP contribution < -0.4 is 5.73 Å². The lowest BCUT2D eigenvalue weighted by Crippen LogP contribution is -2.07. The van der Waals surface area contributed by atoms with Crippen molar-refractivity contribution in [1.29, 1.82) is 0 Å². The van der Waals surface area contributed by atoms with E-state index < -0.39 is 5.97 Å². The lowest BCUT2D eigenvalue weighted by atomic mass is 9.96. The van der Waals surface area contributed by atoms with E-state index in [4.69, 9.17) is 10.8 Å². The topological polar surface area (TPSA) is 63.3 Å². The van der Waals surface area contributed by atoms with Crippen LogP contribution in [0.25, 0.3) is 10.8 Å². The molecule has 3 N–H and O–H groups in total. The van der Waals surface area contributed by atoms with Crippen LogP contribution in [0, 0.1) is 0 Å². The smallest absolute Gasteiger partial charge is 0.336 e. The van der Waals surface area contributed by atoms with Gasteiger partial charge in [0.15, 0.2) is 0 Å². The molecule has 0 saturated heterocycles. The van der Waals surface area contributed by atoms with Crippen molar-refractivity contribution in [3.05, 3.63) is 47.5 Å². The number of rotatable bonds is 2. The van der Waals surface area contributed by atoms with Crippen LogP contribution in [0.5, 0.6) is 0 Å². The van der Waals surface area contributed by atoms with Crippen LogP contribution in [0.2, 0.25) is 0 Å². The van der Waals surface area contributed by atoms with Gasteiger partial charge in [0.25, 0.3) is 0 Å². The molecule has 0 fully saturated rings. The van der Waals surface area contributed by atoms with Crippen molar-refractivity contribution in [2.75, 3.05) is 0 Å². The van der Waals surface area contributed by atoms with Crippen LogP contribution in [-0.4, -0.2) is 11.1 Å². The highest BCUT2D eigenvalue weighted by Crippen LogP contribution is 2.26. The van der Waals surface area contributed by atoms with Gasteiger partial charge in [-0.25, -0.2) is 4.79 Å². The highest BCUT2D eigenvalue weighted by molar-refractivity contribution is 6.04. The van der Waals surface area contributed by atoms with Crippen molar-refractivity contribution in [2.24, 2.45) is 5.73 Å². The van der Waals surface area contributed by atoms with E-state index in [9.17, 15) is 4.79 Å². The van der Waals surface area contributed by atoms with Gasteiger partial charge in [-0.2, -0.15) is 0 Å². The summed E-state index contributed by atoms with van der Waals surface area (Å²) >= 11 is 0. The normalized spacial score (nSPS) is 12.6. The van der Waals surface area contributed by atoms with Crippen molar-refractivity contribution in [2.45, 2.75) is 13.0 Å². The Morgan fingerprint density at radius 2 is 1.81 bits per heavy atom. The highest BCUT2D eigenvalue weighted by atomic mass is 16.4. The van der Waals surface area contributed by atoms with Gasteiger partial charge in [-0.15, -0.1) is 0 Å². The summed E-state index contributed by atoms with van der Waals surface area (Å²) in [5.41, 5.74) is 7.15. The molecule has 0 aromatic heterocycles. The molecule has 0 aliphatic heterocycles. The van der Waals surface area contributed by atoms with E-state index >= 15 is 0 Å². The van der Waals surface area contributed by atoms with Crippen LogP contribution in [0.1, 0.15) is 28.9 Å². The highest BCUT2D eigenvalue weighted by Gasteiger charge is 2.12. The molecule has 1 atom stereocenters. The van der Waals surface area contributed by atoms with E-state index in [0.29, 0.717) is 5.56 Å². The first-order valence-electron chi connectivity index (χ1n) is 5.12. The third-order valence-electron chi connectivity index (χ3n) is 2.68. The molecule has 2 rings (SSSR count). The third-order valence-corrected chi connectivity index (χ3v) is 2.68. The zero-order valence-corrected chi connectivity index (χ0v) is 8.97. The molecule has 0 amide bonds. The summed E-state index contributed by atoms with van der Waals surface area (Å²) in [5.74, 6) is -0.910. The number of fused-ring (bicyclic) bond motifs is 1. The molecular weight excluding hydrogens is 202 g/mol. The van der Waals surface area contributed by atoms with Crippen molar-refractivity contribution in [1.82, 2.24) is 0 Å². The number of carboxylic acids is 1. The van der Waals surface area contributed by atoms with E-state index in [1.165, 1.54) is 0 Å². The predicted octanol–water partition coefficient (Wildman–Crippen LogP) is 2.56. The van der Waals surface area contributed by atoms with Crippen molar-refractivity contribution < 1.29 is 9.90 Å². The van der Waals surface area contributed by atoms with E-state index in [1.54, 1.807) is 12.1 Å². The lowest BCUT2D eigenvalue weighted by Gasteiger charge is -2.11. The summed E-state index contributed by atoms with van der Waals surface area (Å²) in [5, 5.41) is 10.7. The van der Waals surface area contributed by atoms with Crippen molar-refractivity contribution in [3.8, 4) is 0 Å². The lowest BCUT2D eigenvalue weighted by molar-refractivity contribution is 0.0699. The van der Waals surface area contributed by atoms with Gasteiger partial charge in [0.2, 0.25) is 0 Å². The molecule has 2 aromatic carbocycles. The number of hydrogen-bond acceptors (Lipinski definition) is 2. The molecule has 3 nitrogen and oxygen atoms in total. The first kappa shape index (κ1) is 10.6. The minimum Gasteiger partial charge on any atom is -0.478 e. The largest absolute Gasteiger partial charge is 0.478 e. The molecule has 0 spiro atoms. The Morgan fingerprint density at radius 3 is 2.38 bits per heavy atom. The Hall–Kier alpha value is -1.87.